The summed E-state index contributed by atoms with van der Waals surface area (Å²) in [6.45, 7) is 3.65. The van der Waals surface area contributed by atoms with Crippen LogP contribution in [0.3, 0.4) is 0 Å². The molecule has 2 rings (SSSR count). The summed E-state index contributed by atoms with van der Waals surface area (Å²) in [4.78, 5) is 14.5. The van der Waals surface area contributed by atoms with E-state index in [4.69, 9.17) is 5.73 Å². The van der Waals surface area contributed by atoms with Crippen molar-refractivity contribution in [1.29, 1.82) is 0 Å². The van der Waals surface area contributed by atoms with Crippen LogP contribution in [0.2, 0.25) is 0 Å². The Balaban J connectivity index is 1.99. The second kappa shape index (κ2) is 5.17. The van der Waals surface area contributed by atoms with Gasteiger partial charge in [0.05, 0.1) is 0 Å². The van der Waals surface area contributed by atoms with E-state index in [1.54, 1.807) is 0 Å². The molecule has 0 aromatic rings. The standard InChI is InChI=1S/C13H24N2O/c1-10(11-6-7-11)13(16)15-8-4-2-3-5-12(15)9-14/h10-12H,2-9,14H2,1H3. The van der Waals surface area contributed by atoms with Crippen LogP contribution in [0, 0.1) is 11.8 Å². The lowest BCUT2D eigenvalue weighted by molar-refractivity contribution is -0.137. The van der Waals surface area contributed by atoms with Crippen molar-refractivity contribution in [2.75, 3.05) is 13.1 Å². The van der Waals surface area contributed by atoms with E-state index in [1.165, 1.54) is 25.7 Å². The van der Waals surface area contributed by atoms with Crippen molar-refractivity contribution in [2.45, 2.75) is 51.5 Å². The fraction of sp³-hybridized carbons (Fsp3) is 0.923. The van der Waals surface area contributed by atoms with Crippen molar-refractivity contribution >= 4 is 5.91 Å². The quantitative estimate of drug-likeness (QED) is 0.794. The molecule has 2 N–H and O–H groups in total. The van der Waals surface area contributed by atoms with Crippen LogP contribution < -0.4 is 5.73 Å². The molecule has 92 valence electrons. The van der Waals surface area contributed by atoms with Crippen LogP contribution in [0.15, 0.2) is 0 Å². The van der Waals surface area contributed by atoms with Crippen LogP contribution in [0.25, 0.3) is 0 Å². The van der Waals surface area contributed by atoms with Crippen molar-refractivity contribution in [3.8, 4) is 0 Å². The lowest BCUT2D eigenvalue weighted by Gasteiger charge is -2.31. The van der Waals surface area contributed by atoms with Gasteiger partial charge in [-0.15, -0.1) is 0 Å². The Hall–Kier alpha value is -0.570. The van der Waals surface area contributed by atoms with Crippen molar-refractivity contribution < 1.29 is 4.79 Å². The van der Waals surface area contributed by atoms with Crippen molar-refractivity contribution in [3.63, 3.8) is 0 Å². The zero-order valence-corrected chi connectivity index (χ0v) is 10.3. The molecule has 0 spiro atoms. The molecule has 3 nitrogen and oxygen atoms in total. The number of carbonyl (C=O) groups is 1. The van der Waals surface area contributed by atoms with Crippen molar-refractivity contribution in [3.05, 3.63) is 0 Å². The molecule has 0 radical (unpaired) electrons. The molecule has 16 heavy (non-hydrogen) atoms. The highest BCUT2D eigenvalue weighted by Gasteiger charge is 2.36. The minimum absolute atomic E-state index is 0.229. The minimum atomic E-state index is 0.229. The van der Waals surface area contributed by atoms with Gasteiger partial charge in [0.15, 0.2) is 0 Å². The van der Waals surface area contributed by atoms with Crippen LogP contribution >= 0.6 is 0 Å². The van der Waals surface area contributed by atoms with Gasteiger partial charge in [-0.1, -0.05) is 19.8 Å². The Morgan fingerprint density at radius 1 is 1.31 bits per heavy atom. The fourth-order valence-electron chi connectivity index (χ4n) is 2.77. The van der Waals surface area contributed by atoms with Gasteiger partial charge in [0, 0.05) is 25.0 Å². The van der Waals surface area contributed by atoms with E-state index in [1.807, 2.05) is 0 Å². The fourth-order valence-corrected chi connectivity index (χ4v) is 2.77. The largest absolute Gasteiger partial charge is 0.338 e. The number of carbonyl (C=O) groups excluding carboxylic acids is 1. The average molecular weight is 224 g/mol. The highest BCUT2D eigenvalue weighted by atomic mass is 16.2. The molecule has 0 aromatic carbocycles. The summed E-state index contributed by atoms with van der Waals surface area (Å²) in [5.41, 5.74) is 5.80. The Labute approximate surface area is 98.4 Å². The molecule has 1 saturated carbocycles. The smallest absolute Gasteiger partial charge is 0.225 e. The predicted molar refractivity (Wildman–Crippen MR) is 64.9 cm³/mol. The number of hydrogen-bond acceptors (Lipinski definition) is 2. The summed E-state index contributed by atoms with van der Waals surface area (Å²) >= 11 is 0. The SMILES string of the molecule is CC(C(=O)N1CCCCCC1CN)C1CC1. The summed E-state index contributed by atoms with van der Waals surface area (Å²) < 4.78 is 0. The molecule has 1 aliphatic carbocycles. The van der Waals surface area contributed by atoms with Crippen LogP contribution in [0.4, 0.5) is 0 Å². The van der Waals surface area contributed by atoms with Gasteiger partial charge < -0.3 is 10.6 Å². The topological polar surface area (TPSA) is 46.3 Å². The normalized spacial score (nSPS) is 28.6. The summed E-state index contributed by atoms with van der Waals surface area (Å²) in [6, 6.07) is 0.302. The van der Waals surface area contributed by atoms with Crippen LogP contribution in [-0.4, -0.2) is 29.9 Å². The van der Waals surface area contributed by atoms with E-state index >= 15 is 0 Å². The highest BCUT2D eigenvalue weighted by molar-refractivity contribution is 5.79. The lowest BCUT2D eigenvalue weighted by atomic mass is 10.0. The van der Waals surface area contributed by atoms with Crippen molar-refractivity contribution in [2.24, 2.45) is 17.6 Å². The number of nitrogens with zero attached hydrogens (tertiary/aromatic N) is 1. The second-order valence-corrected chi connectivity index (χ2v) is 5.40. The van der Waals surface area contributed by atoms with E-state index in [0.29, 0.717) is 24.4 Å². The number of likely N-dealkylation sites (tertiary alicyclic amines) is 1. The van der Waals surface area contributed by atoms with E-state index < -0.39 is 0 Å². The third-order valence-corrected chi connectivity index (χ3v) is 4.15. The molecule has 1 amide bonds. The Morgan fingerprint density at radius 2 is 2.06 bits per heavy atom. The zero-order chi connectivity index (χ0) is 11.5. The average Bonchev–Trinajstić information content (AvgIpc) is 3.12. The molecular weight excluding hydrogens is 200 g/mol. The Kier molecular flexibility index (Phi) is 3.85. The van der Waals surface area contributed by atoms with Gasteiger partial charge in [-0.25, -0.2) is 0 Å². The monoisotopic (exact) mass is 224 g/mol. The van der Waals surface area contributed by atoms with Gasteiger partial charge in [-0.2, -0.15) is 0 Å². The number of rotatable bonds is 3. The third kappa shape index (κ3) is 2.57. The molecule has 2 aliphatic rings. The van der Waals surface area contributed by atoms with E-state index in [0.717, 1.165) is 19.4 Å². The van der Waals surface area contributed by atoms with Crippen LogP contribution in [0.1, 0.15) is 45.4 Å². The second-order valence-electron chi connectivity index (χ2n) is 5.40. The number of nitrogens with two attached hydrogens (primary N) is 1. The number of amides is 1. The first-order valence-electron chi connectivity index (χ1n) is 6.74. The molecule has 1 heterocycles. The molecule has 2 unspecified atom stereocenters. The maximum absolute atomic E-state index is 12.4. The van der Waals surface area contributed by atoms with Gasteiger partial charge in [0.2, 0.25) is 5.91 Å². The van der Waals surface area contributed by atoms with E-state index in [9.17, 15) is 4.79 Å². The maximum atomic E-state index is 12.4. The molecule has 2 atom stereocenters. The van der Waals surface area contributed by atoms with Crippen molar-refractivity contribution in [1.82, 2.24) is 4.90 Å². The van der Waals surface area contributed by atoms with E-state index in [-0.39, 0.29) is 5.92 Å². The summed E-state index contributed by atoms with van der Waals surface area (Å²) in [5.74, 6) is 1.25. The van der Waals surface area contributed by atoms with Crippen LogP contribution in [0.5, 0.6) is 0 Å². The molecule has 3 heteroatoms. The molecule has 2 fully saturated rings. The molecular formula is C13H24N2O. The number of hydrogen-bond donors (Lipinski definition) is 1. The third-order valence-electron chi connectivity index (χ3n) is 4.15. The first kappa shape index (κ1) is 11.9. The molecule has 0 aromatic heterocycles. The Morgan fingerprint density at radius 3 is 2.69 bits per heavy atom. The first-order chi connectivity index (χ1) is 7.74. The Bertz CT molecular complexity index is 250. The van der Waals surface area contributed by atoms with Gasteiger partial charge in [0.25, 0.3) is 0 Å². The van der Waals surface area contributed by atoms with Crippen LogP contribution in [-0.2, 0) is 4.79 Å². The molecule has 1 saturated heterocycles. The zero-order valence-electron chi connectivity index (χ0n) is 10.3. The van der Waals surface area contributed by atoms with Gasteiger partial charge >= 0.3 is 0 Å². The summed E-state index contributed by atoms with van der Waals surface area (Å²) in [6.07, 6.45) is 7.21. The first-order valence-corrected chi connectivity index (χ1v) is 6.74. The molecule has 1 aliphatic heterocycles. The minimum Gasteiger partial charge on any atom is -0.338 e. The molecule has 0 bridgehead atoms. The van der Waals surface area contributed by atoms with Gasteiger partial charge in [-0.05, 0) is 31.6 Å². The van der Waals surface area contributed by atoms with Gasteiger partial charge in [0.1, 0.15) is 0 Å². The summed E-state index contributed by atoms with van der Waals surface area (Å²) in [5, 5.41) is 0. The highest BCUT2D eigenvalue weighted by Crippen LogP contribution is 2.38. The van der Waals surface area contributed by atoms with Gasteiger partial charge in [-0.3, -0.25) is 4.79 Å². The lowest BCUT2D eigenvalue weighted by Crippen LogP contribution is -2.46. The summed E-state index contributed by atoms with van der Waals surface area (Å²) in [7, 11) is 0. The maximum Gasteiger partial charge on any atom is 0.225 e. The predicted octanol–water partition coefficient (Wildman–Crippen LogP) is 1.76. The van der Waals surface area contributed by atoms with E-state index in [2.05, 4.69) is 11.8 Å².